The second-order valence-electron chi connectivity index (χ2n) is 6.91. The van der Waals surface area contributed by atoms with Crippen molar-refractivity contribution in [2.75, 3.05) is 7.11 Å². The van der Waals surface area contributed by atoms with E-state index in [0.29, 0.717) is 11.3 Å². The Morgan fingerprint density at radius 2 is 1.29 bits per heavy atom. The Bertz CT molecular complexity index is 1110. The quantitative estimate of drug-likeness (QED) is 0.389. The molecule has 7 heteroatoms. The fraction of sp³-hybridized carbons (Fsp3) is 0.167. The van der Waals surface area contributed by atoms with Gasteiger partial charge in [0.05, 0.1) is 24.3 Å². The predicted octanol–water partition coefficient (Wildman–Crippen LogP) is 5.42. The summed E-state index contributed by atoms with van der Waals surface area (Å²) in [4.78, 5) is 24.2. The number of methoxy groups -OCH3 is 1. The lowest BCUT2D eigenvalue weighted by Gasteiger charge is -2.10. The summed E-state index contributed by atoms with van der Waals surface area (Å²) < 4.78 is 43.8. The normalized spacial score (nSPS) is 10.6. The van der Waals surface area contributed by atoms with Gasteiger partial charge in [-0.15, -0.1) is 0 Å². The van der Waals surface area contributed by atoms with Crippen LogP contribution in [0.25, 0.3) is 11.1 Å². The van der Waals surface area contributed by atoms with Gasteiger partial charge in [0.25, 0.3) is 0 Å². The standard InChI is InChI=1S/C24H20F2O5/c1-14(2)30-23(27)20-11-9-18(13-22(20)26)31-24(28)19-10-6-16(12-21(19)25)15-4-7-17(29-3)8-5-15/h4-14H,1-3H3. The molecular weight excluding hydrogens is 406 g/mol. The molecule has 0 saturated heterocycles. The molecule has 0 amide bonds. The Hall–Kier alpha value is -3.74. The van der Waals surface area contributed by atoms with Crippen LogP contribution in [-0.2, 0) is 4.74 Å². The van der Waals surface area contributed by atoms with Gasteiger partial charge in [-0.25, -0.2) is 18.4 Å². The molecule has 0 aromatic heterocycles. The van der Waals surface area contributed by atoms with Crippen molar-refractivity contribution in [3.8, 4) is 22.6 Å². The molecule has 0 aliphatic rings. The Morgan fingerprint density at radius 3 is 1.87 bits per heavy atom. The van der Waals surface area contributed by atoms with Gasteiger partial charge in [-0.1, -0.05) is 18.2 Å². The number of hydrogen-bond donors (Lipinski definition) is 0. The van der Waals surface area contributed by atoms with Crippen molar-refractivity contribution in [1.82, 2.24) is 0 Å². The Balaban J connectivity index is 1.75. The first-order valence-corrected chi connectivity index (χ1v) is 9.45. The third-order valence-electron chi connectivity index (χ3n) is 4.33. The Kier molecular flexibility index (Phi) is 6.65. The van der Waals surface area contributed by atoms with Gasteiger partial charge < -0.3 is 14.2 Å². The molecule has 3 rings (SSSR count). The van der Waals surface area contributed by atoms with E-state index in [1.165, 1.54) is 18.2 Å². The van der Waals surface area contributed by atoms with Crippen LogP contribution >= 0.6 is 0 Å². The summed E-state index contributed by atoms with van der Waals surface area (Å²) in [6.07, 6.45) is -0.409. The zero-order chi connectivity index (χ0) is 22.5. The van der Waals surface area contributed by atoms with Crippen LogP contribution in [0.4, 0.5) is 8.78 Å². The lowest BCUT2D eigenvalue weighted by molar-refractivity contribution is 0.0372. The first kappa shape index (κ1) is 22.0. The fourth-order valence-corrected chi connectivity index (χ4v) is 2.81. The van der Waals surface area contributed by atoms with Gasteiger partial charge in [-0.05, 0) is 61.4 Å². The first-order valence-electron chi connectivity index (χ1n) is 9.45. The minimum Gasteiger partial charge on any atom is -0.497 e. The summed E-state index contributed by atoms with van der Waals surface area (Å²) in [7, 11) is 1.55. The number of ether oxygens (including phenoxy) is 3. The molecule has 0 aliphatic carbocycles. The molecule has 0 bridgehead atoms. The van der Waals surface area contributed by atoms with E-state index < -0.39 is 29.7 Å². The lowest BCUT2D eigenvalue weighted by atomic mass is 10.0. The average molecular weight is 426 g/mol. The first-order chi connectivity index (χ1) is 14.8. The molecule has 0 atom stereocenters. The highest BCUT2D eigenvalue weighted by Crippen LogP contribution is 2.25. The number of benzene rings is 3. The van der Waals surface area contributed by atoms with Crippen LogP contribution in [0.2, 0.25) is 0 Å². The SMILES string of the molecule is COc1ccc(-c2ccc(C(=O)Oc3ccc(C(=O)OC(C)C)c(F)c3)c(F)c2)cc1. The summed E-state index contributed by atoms with van der Waals surface area (Å²) in [5, 5.41) is 0. The van der Waals surface area contributed by atoms with E-state index in [9.17, 15) is 18.4 Å². The molecule has 0 unspecified atom stereocenters. The summed E-state index contributed by atoms with van der Waals surface area (Å²) in [6, 6.07) is 14.3. The second-order valence-corrected chi connectivity index (χ2v) is 6.91. The average Bonchev–Trinajstić information content (AvgIpc) is 2.73. The van der Waals surface area contributed by atoms with Crippen LogP contribution in [-0.4, -0.2) is 25.2 Å². The van der Waals surface area contributed by atoms with Gasteiger partial charge >= 0.3 is 11.9 Å². The van der Waals surface area contributed by atoms with Crippen LogP contribution in [0.5, 0.6) is 11.5 Å². The lowest BCUT2D eigenvalue weighted by Crippen LogP contribution is -2.14. The molecule has 0 fully saturated rings. The van der Waals surface area contributed by atoms with E-state index in [1.807, 2.05) is 0 Å². The molecule has 0 N–H and O–H groups in total. The van der Waals surface area contributed by atoms with Gasteiger partial charge in [-0.3, -0.25) is 0 Å². The minimum absolute atomic E-state index is 0.165. The van der Waals surface area contributed by atoms with Gasteiger partial charge in [0.1, 0.15) is 23.1 Å². The largest absolute Gasteiger partial charge is 0.497 e. The van der Waals surface area contributed by atoms with Gasteiger partial charge in [0, 0.05) is 6.07 Å². The second kappa shape index (κ2) is 9.38. The zero-order valence-electron chi connectivity index (χ0n) is 17.1. The van der Waals surface area contributed by atoms with Gasteiger partial charge in [0.2, 0.25) is 0 Å². The maximum absolute atomic E-state index is 14.5. The molecule has 160 valence electrons. The van der Waals surface area contributed by atoms with Crippen molar-refractivity contribution in [1.29, 1.82) is 0 Å². The number of halogens is 2. The minimum atomic E-state index is -0.990. The molecule has 0 aliphatic heterocycles. The molecule has 3 aromatic carbocycles. The zero-order valence-corrected chi connectivity index (χ0v) is 17.1. The van der Waals surface area contributed by atoms with E-state index in [0.717, 1.165) is 17.7 Å². The van der Waals surface area contributed by atoms with E-state index in [-0.39, 0.29) is 16.9 Å². The van der Waals surface area contributed by atoms with Crippen LogP contribution in [0.15, 0.2) is 60.7 Å². The van der Waals surface area contributed by atoms with Crippen molar-refractivity contribution >= 4 is 11.9 Å². The Labute approximate surface area is 178 Å². The molecule has 0 radical (unpaired) electrons. The van der Waals surface area contributed by atoms with Gasteiger partial charge in [0.15, 0.2) is 0 Å². The van der Waals surface area contributed by atoms with Crippen molar-refractivity contribution in [3.63, 3.8) is 0 Å². The van der Waals surface area contributed by atoms with E-state index >= 15 is 0 Å². The molecule has 5 nitrogen and oxygen atoms in total. The Morgan fingerprint density at radius 1 is 0.742 bits per heavy atom. The van der Waals surface area contributed by atoms with E-state index in [1.54, 1.807) is 51.3 Å². The van der Waals surface area contributed by atoms with E-state index in [4.69, 9.17) is 14.2 Å². The monoisotopic (exact) mass is 426 g/mol. The number of carbonyl (C=O) groups is 2. The van der Waals surface area contributed by atoms with Crippen molar-refractivity contribution in [2.45, 2.75) is 20.0 Å². The molecule has 0 heterocycles. The number of hydrogen-bond acceptors (Lipinski definition) is 5. The summed E-state index contributed by atoms with van der Waals surface area (Å²) in [5.41, 5.74) is 0.714. The number of esters is 2. The third-order valence-corrected chi connectivity index (χ3v) is 4.33. The van der Waals surface area contributed by atoms with Crippen LogP contribution in [0.3, 0.4) is 0 Å². The smallest absolute Gasteiger partial charge is 0.346 e. The highest BCUT2D eigenvalue weighted by Gasteiger charge is 2.19. The number of carbonyl (C=O) groups excluding carboxylic acids is 2. The summed E-state index contributed by atoms with van der Waals surface area (Å²) >= 11 is 0. The van der Waals surface area contributed by atoms with Gasteiger partial charge in [-0.2, -0.15) is 0 Å². The summed E-state index contributed by atoms with van der Waals surface area (Å²) in [5.74, 6) is -3.01. The highest BCUT2D eigenvalue weighted by molar-refractivity contribution is 5.93. The molecule has 3 aromatic rings. The maximum Gasteiger partial charge on any atom is 0.346 e. The molecule has 0 saturated carbocycles. The molecular formula is C24H20F2O5. The fourth-order valence-electron chi connectivity index (χ4n) is 2.81. The highest BCUT2D eigenvalue weighted by atomic mass is 19.1. The summed E-state index contributed by atoms with van der Waals surface area (Å²) in [6.45, 7) is 3.28. The molecule has 0 spiro atoms. The number of rotatable bonds is 6. The predicted molar refractivity (Wildman–Crippen MR) is 110 cm³/mol. The topological polar surface area (TPSA) is 61.8 Å². The van der Waals surface area contributed by atoms with E-state index in [2.05, 4.69) is 0 Å². The van der Waals surface area contributed by atoms with Crippen LogP contribution in [0, 0.1) is 11.6 Å². The van der Waals surface area contributed by atoms with Crippen molar-refractivity contribution in [3.05, 3.63) is 83.4 Å². The van der Waals surface area contributed by atoms with Crippen molar-refractivity contribution in [2.24, 2.45) is 0 Å². The van der Waals surface area contributed by atoms with Crippen molar-refractivity contribution < 1.29 is 32.6 Å². The molecule has 31 heavy (non-hydrogen) atoms. The maximum atomic E-state index is 14.5. The van der Waals surface area contributed by atoms with Crippen LogP contribution in [0.1, 0.15) is 34.6 Å². The third kappa shape index (κ3) is 5.25. The van der Waals surface area contributed by atoms with Crippen LogP contribution < -0.4 is 9.47 Å².